The van der Waals surface area contributed by atoms with Gasteiger partial charge in [-0.3, -0.25) is 0 Å². The fraction of sp³-hybridized carbons (Fsp3) is 0.647. The molecule has 0 aromatic heterocycles. The van der Waals surface area contributed by atoms with Crippen molar-refractivity contribution in [3.05, 3.63) is 23.8 Å². The normalized spacial score (nSPS) is 12.2. The Hall–Kier alpha value is -0.870. The van der Waals surface area contributed by atoms with E-state index in [4.69, 9.17) is 9.47 Å². The van der Waals surface area contributed by atoms with Crippen LogP contribution in [0.2, 0.25) is 0 Å². The van der Waals surface area contributed by atoms with Gasteiger partial charge in [0.05, 0.1) is 13.2 Å². The molecule has 0 saturated heterocycles. The van der Waals surface area contributed by atoms with Crippen molar-refractivity contribution in [1.29, 1.82) is 0 Å². The van der Waals surface area contributed by atoms with E-state index in [0.29, 0.717) is 19.3 Å². The zero-order valence-corrected chi connectivity index (χ0v) is 14.6. The van der Waals surface area contributed by atoms with Gasteiger partial charge in [-0.25, -0.2) is 0 Å². The highest BCUT2D eigenvalue weighted by Crippen LogP contribution is 2.32. The second kappa shape index (κ2) is 10.8. The fourth-order valence-electron chi connectivity index (χ4n) is 2.23. The van der Waals surface area contributed by atoms with Gasteiger partial charge in [-0.1, -0.05) is 13.0 Å². The molecule has 0 aliphatic carbocycles. The first-order valence-corrected chi connectivity index (χ1v) is 9.27. The van der Waals surface area contributed by atoms with Crippen LogP contribution in [0.4, 0.5) is 0 Å². The Kier molecular flexibility index (Phi) is 9.35. The molecule has 4 heteroatoms. The second-order valence-electron chi connectivity index (χ2n) is 4.86. The summed E-state index contributed by atoms with van der Waals surface area (Å²) in [6.07, 6.45) is 4.42. The molecule has 0 radical (unpaired) electrons. The van der Waals surface area contributed by atoms with E-state index in [1.54, 1.807) is 0 Å². The maximum Gasteiger partial charge on any atom is 0.161 e. The van der Waals surface area contributed by atoms with Crippen LogP contribution in [0, 0.1) is 0 Å². The minimum atomic E-state index is 0.382. The van der Waals surface area contributed by atoms with Crippen molar-refractivity contribution in [2.75, 3.05) is 31.8 Å². The lowest BCUT2D eigenvalue weighted by molar-refractivity contribution is 0.287. The highest BCUT2D eigenvalue weighted by atomic mass is 32.2. The minimum Gasteiger partial charge on any atom is -0.490 e. The Morgan fingerprint density at radius 2 is 1.81 bits per heavy atom. The molecule has 0 saturated carbocycles. The zero-order valence-electron chi connectivity index (χ0n) is 13.8. The number of hydrogen-bond acceptors (Lipinski definition) is 4. The second-order valence-corrected chi connectivity index (χ2v) is 5.85. The van der Waals surface area contributed by atoms with Gasteiger partial charge >= 0.3 is 0 Å². The van der Waals surface area contributed by atoms with Crippen molar-refractivity contribution in [1.82, 2.24) is 5.32 Å². The molecule has 1 N–H and O–H groups in total. The van der Waals surface area contributed by atoms with Gasteiger partial charge in [0.25, 0.3) is 0 Å². The van der Waals surface area contributed by atoms with Crippen molar-refractivity contribution in [3.63, 3.8) is 0 Å². The summed E-state index contributed by atoms with van der Waals surface area (Å²) in [6.45, 7) is 8.54. The number of nitrogens with one attached hydrogen (secondary N) is 1. The van der Waals surface area contributed by atoms with Gasteiger partial charge in [0.2, 0.25) is 0 Å². The first kappa shape index (κ1) is 18.2. The van der Waals surface area contributed by atoms with E-state index in [-0.39, 0.29) is 0 Å². The average molecular weight is 311 g/mol. The number of thioether (sulfide) groups is 1. The van der Waals surface area contributed by atoms with Crippen LogP contribution in [0.5, 0.6) is 11.5 Å². The van der Waals surface area contributed by atoms with Gasteiger partial charge in [0.15, 0.2) is 11.5 Å². The molecule has 3 nitrogen and oxygen atoms in total. The molecule has 0 aliphatic rings. The van der Waals surface area contributed by atoms with Crippen molar-refractivity contribution in [3.8, 4) is 11.5 Å². The summed E-state index contributed by atoms with van der Waals surface area (Å²) in [5, 5.41) is 3.63. The van der Waals surface area contributed by atoms with Gasteiger partial charge in [0, 0.05) is 6.04 Å². The van der Waals surface area contributed by atoms with Crippen LogP contribution in [0.15, 0.2) is 18.2 Å². The molecule has 1 rings (SSSR count). The quantitative estimate of drug-likeness (QED) is 0.661. The predicted octanol–water partition coefficient (Wildman–Crippen LogP) is 4.28. The SMILES string of the molecule is CCCNC(CCSC)c1ccc(OCC)c(OCC)c1. The summed E-state index contributed by atoms with van der Waals surface area (Å²) < 4.78 is 11.4. The van der Waals surface area contributed by atoms with Gasteiger partial charge < -0.3 is 14.8 Å². The lowest BCUT2D eigenvalue weighted by Crippen LogP contribution is -2.22. The molecule has 0 amide bonds. The molecular weight excluding hydrogens is 282 g/mol. The van der Waals surface area contributed by atoms with Crippen LogP contribution in [0.3, 0.4) is 0 Å². The molecule has 1 atom stereocenters. The maximum atomic E-state index is 5.73. The highest BCUT2D eigenvalue weighted by Gasteiger charge is 2.14. The monoisotopic (exact) mass is 311 g/mol. The minimum absolute atomic E-state index is 0.382. The maximum absolute atomic E-state index is 5.73. The van der Waals surface area contributed by atoms with E-state index >= 15 is 0 Å². The van der Waals surface area contributed by atoms with Gasteiger partial charge in [-0.05, 0) is 62.9 Å². The number of hydrogen-bond donors (Lipinski definition) is 1. The third-order valence-electron chi connectivity index (χ3n) is 3.22. The number of ether oxygens (including phenoxy) is 2. The van der Waals surface area contributed by atoms with Crippen LogP contribution in [0.1, 0.15) is 45.2 Å². The summed E-state index contributed by atoms with van der Waals surface area (Å²) in [4.78, 5) is 0. The Morgan fingerprint density at radius 3 is 2.43 bits per heavy atom. The average Bonchev–Trinajstić information content (AvgIpc) is 2.50. The third kappa shape index (κ3) is 6.18. The van der Waals surface area contributed by atoms with Crippen molar-refractivity contribution >= 4 is 11.8 Å². The first-order valence-electron chi connectivity index (χ1n) is 7.88. The molecule has 120 valence electrons. The van der Waals surface area contributed by atoms with Gasteiger partial charge in [-0.15, -0.1) is 0 Å². The summed E-state index contributed by atoms with van der Waals surface area (Å²) >= 11 is 1.89. The first-order chi connectivity index (χ1) is 10.3. The van der Waals surface area contributed by atoms with Crippen molar-refractivity contribution < 1.29 is 9.47 Å². The van der Waals surface area contributed by atoms with Crippen LogP contribution in [-0.4, -0.2) is 31.8 Å². The zero-order chi connectivity index (χ0) is 15.5. The highest BCUT2D eigenvalue weighted by molar-refractivity contribution is 7.98. The van der Waals surface area contributed by atoms with E-state index in [9.17, 15) is 0 Å². The summed E-state index contributed by atoms with van der Waals surface area (Å²) in [5.41, 5.74) is 1.28. The number of rotatable bonds is 11. The van der Waals surface area contributed by atoms with E-state index < -0.39 is 0 Å². The Morgan fingerprint density at radius 1 is 1.10 bits per heavy atom. The third-order valence-corrected chi connectivity index (χ3v) is 3.87. The Balaban J connectivity index is 2.92. The molecule has 21 heavy (non-hydrogen) atoms. The molecule has 0 aliphatic heterocycles. The van der Waals surface area contributed by atoms with Gasteiger partial charge in [0.1, 0.15) is 0 Å². The van der Waals surface area contributed by atoms with Crippen molar-refractivity contribution in [2.45, 2.75) is 39.7 Å². The molecule has 0 spiro atoms. The van der Waals surface area contributed by atoms with E-state index in [0.717, 1.165) is 36.6 Å². The number of benzene rings is 1. The molecule has 0 bridgehead atoms. The molecule has 0 fully saturated rings. The Labute approximate surface area is 133 Å². The summed E-state index contributed by atoms with van der Waals surface area (Å²) in [6, 6.07) is 6.69. The van der Waals surface area contributed by atoms with Crippen LogP contribution in [-0.2, 0) is 0 Å². The molecule has 1 aromatic rings. The molecular formula is C17H29NO2S. The van der Waals surface area contributed by atoms with E-state index in [1.807, 2.05) is 31.7 Å². The van der Waals surface area contributed by atoms with Crippen molar-refractivity contribution in [2.24, 2.45) is 0 Å². The smallest absolute Gasteiger partial charge is 0.161 e. The molecule has 1 unspecified atom stereocenters. The van der Waals surface area contributed by atoms with Crippen LogP contribution in [0.25, 0.3) is 0 Å². The molecule has 0 heterocycles. The lowest BCUT2D eigenvalue weighted by atomic mass is 10.0. The van der Waals surface area contributed by atoms with Gasteiger partial charge in [-0.2, -0.15) is 11.8 Å². The fourth-order valence-corrected chi connectivity index (χ4v) is 2.70. The lowest BCUT2D eigenvalue weighted by Gasteiger charge is -2.20. The van der Waals surface area contributed by atoms with Crippen LogP contribution >= 0.6 is 11.8 Å². The topological polar surface area (TPSA) is 30.5 Å². The largest absolute Gasteiger partial charge is 0.490 e. The molecule has 1 aromatic carbocycles. The van der Waals surface area contributed by atoms with E-state index in [1.165, 1.54) is 5.56 Å². The summed E-state index contributed by atoms with van der Waals surface area (Å²) in [7, 11) is 0. The predicted molar refractivity (Wildman–Crippen MR) is 92.8 cm³/mol. The van der Waals surface area contributed by atoms with E-state index in [2.05, 4.69) is 30.6 Å². The standard InChI is InChI=1S/C17H29NO2S/c1-5-11-18-15(10-12-21-4)14-8-9-16(19-6-2)17(13-14)20-7-3/h8-9,13,15,18H,5-7,10-12H2,1-4H3. The Bertz CT molecular complexity index is 390. The van der Waals surface area contributed by atoms with Crippen LogP contribution < -0.4 is 14.8 Å². The summed E-state index contributed by atoms with van der Waals surface area (Å²) in [5.74, 6) is 2.84.